The van der Waals surface area contributed by atoms with Gasteiger partial charge in [0, 0.05) is 6.07 Å². The van der Waals surface area contributed by atoms with Crippen LogP contribution in [0.5, 0.6) is 17.4 Å². The number of nitrogens with zero attached hydrogens (tertiary/aromatic N) is 3. The number of halogens is 4. The van der Waals surface area contributed by atoms with Gasteiger partial charge < -0.3 is 9.47 Å². The van der Waals surface area contributed by atoms with E-state index in [1.807, 2.05) is 0 Å². The number of benzene rings is 1. The number of carbonyl (C=O) groups is 1. The van der Waals surface area contributed by atoms with E-state index in [9.17, 15) is 18.0 Å². The van der Waals surface area contributed by atoms with E-state index in [1.165, 1.54) is 36.5 Å². The van der Waals surface area contributed by atoms with Gasteiger partial charge in [0.15, 0.2) is 5.69 Å². The van der Waals surface area contributed by atoms with Gasteiger partial charge in [-0.15, -0.1) is 0 Å². The summed E-state index contributed by atoms with van der Waals surface area (Å²) in [5, 5.41) is 0.260. The number of ether oxygens (including phenoxy) is 2. The van der Waals surface area contributed by atoms with Crippen LogP contribution in [0, 0.1) is 6.92 Å². The lowest BCUT2D eigenvalue weighted by Crippen LogP contribution is -2.10. The molecule has 0 radical (unpaired) electrons. The fourth-order valence-corrected chi connectivity index (χ4v) is 2.30. The van der Waals surface area contributed by atoms with E-state index < -0.39 is 17.8 Å². The maximum atomic E-state index is 12.7. The van der Waals surface area contributed by atoms with Crippen LogP contribution in [0.1, 0.15) is 21.6 Å². The van der Waals surface area contributed by atoms with Crippen LogP contribution in [-0.4, -0.2) is 20.9 Å². The summed E-state index contributed by atoms with van der Waals surface area (Å²) in [4.78, 5) is 22.9. The molecule has 0 N–H and O–H groups in total. The van der Waals surface area contributed by atoms with E-state index in [1.54, 1.807) is 6.92 Å². The second-order valence-corrected chi connectivity index (χ2v) is 5.91. The van der Waals surface area contributed by atoms with Gasteiger partial charge in [-0.3, -0.25) is 0 Å². The minimum atomic E-state index is -4.61. The van der Waals surface area contributed by atoms with Crippen molar-refractivity contribution in [1.82, 2.24) is 15.0 Å². The molecule has 2 heterocycles. The quantitative estimate of drug-likeness (QED) is 0.452. The Hall–Kier alpha value is -3.20. The molecule has 0 saturated carbocycles. The zero-order valence-corrected chi connectivity index (χ0v) is 15.0. The molecule has 28 heavy (non-hydrogen) atoms. The van der Waals surface area contributed by atoms with Crippen molar-refractivity contribution in [2.24, 2.45) is 0 Å². The molecule has 0 atom stereocenters. The molecule has 0 unspecified atom stereocenters. The summed E-state index contributed by atoms with van der Waals surface area (Å²) in [6.07, 6.45) is -2.54. The van der Waals surface area contributed by atoms with Crippen molar-refractivity contribution in [2.45, 2.75) is 13.1 Å². The van der Waals surface area contributed by atoms with Crippen molar-refractivity contribution in [3.8, 4) is 17.4 Å². The maximum absolute atomic E-state index is 12.7. The molecule has 3 aromatic rings. The summed E-state index contributed by atoms with van der Waals surface area (Å²) in [6.45, 7) is 1.63. The predicted octanol–water partition coefficient (Wildman–Crippen LogP) is 4.86. The van der Waals surface area contributed by atoms with Crippen LogP contribution in [0.4, 0.5) is 13.2 Å². The van der Waals surface area contributed by atoms with E-state index in [2.05, 4.69) is 15.0 Å². The molecule has 3 rings (SSSR count). The number of aryl methyl sites for hydroxylation is 1. The first-order chi connectivity index (χ1) is 13.2. The number of esters is 1. The number of hydrogen-bond acceptors (Lipinski definition) is 6. The molecule has 0 spiro atoms. The fourth-order valence-electron chi connectivity index (χ4n) is 2.18. The van der Waals surface area contributed by atoms with Crippen LogP contribution >= 0.6 is 11.6 Å². The molecule has 0 saturated heterocycles. The Balaban J connectivity index is 1.75. The lowest BCUT2D eigenvalue weighted by molar-refractivity contribution is -0.141. The van der Waals surface area contributed by atoms with Crippen molar-refractivity contribution < 1.29 is 27.4 Å². The van der Waals surface area contributed by atoms with Crippen molar-refractivity contribution in [3.63, 3.8) is 0 Å². The highest BCUT2D eigenvalue weighted by Gasteiger charge is 2.33. The second-order valence-electron chi connectivity index (χ2n) is 5.52. The van der Waals surface area contributed by atoms with Crippen LogP contribution < -0.4 is 9.47 Å². The van der Waals surface area contributed by atoms with Crippen molar-refractivity contribution in [3.05, 3.63) is 70.9 Å². The van der Waals surface area contributed by atoms with Crippen molar-refractivity contribution in [1.29, 1.82) is 0 Å². The third-order valence-electron chi connectivity index (χ3n) is 3.48. The summed E-state index contributed by atoms with van der Waals surface area (Å²) < 4.78 is 48.6. The van der Waals surface area contributed by atoms with Gasteiger partial charge in [0.1, 0.15) is 23.0 Å². The molecule has 2 aromatic heterocycles. The molecule has 0 aliphatic carbocycles. The molecule has 0 aliphatic heterocycles. The number of aromatic nitrogens is 3. The summed E-state index contributed by atoms with van der Waals surface area (Å²) >= 11 is 5.67. The lowest BCUT2D eigenvalue weighted by atomic mass is 10.1. The van der Waals surface area contributed by atoms with E-state index in [0.29, 0.717) is 11.6 Å². The zero-order valence-electron chi connectivity index (χ0n) is 14.2. The number of pyridine rings is 1. The first kappa shape index (κ1) is 19.6. The predicted molar refractivity (Wildman–Crippen MR) is 92.5 cm³/mol. The first-order valence-electron chi connectivity index (χ1n) is 7.74. The zero-order chi connectivity index (χ0) is 20.3. The van der Waals surface area contributed by atoms with E-state index in [0.717, 1.165) is 6.33 Å². The van der Waals surface area contributed by atoms with Crippen LogP contribution in [0.25, 0.3) is 0 Å². The lowest BCUT2D eigenvalue weighted by Gasteiger charge is -2.10. The second kappa shape index (κ2) is 7.81. The highest BCUT2D eigenvalue weighted by atomic mass is 35.5. The number of rotatable bonds is 4. The third kappa shape index (κ3) is 4.74. The number of carbonyl (C=O) groups excluding carboxylic acids is 1. The van der Waals surface area contributed by atoms with Gasteiger partial charge in [-0.2, -0.15) is 13.2 Å². The Morgan fingerprint density at radius 1 is 1.04 bits per heavy atom. The van der Waals surface area contributed by atoms with Crippen LogP contribution in [-0.2, 0) is 6.18 Å². The standard InChI is InChI=1S/C18H11ClF3N3O3/c1-10-6-11(27-16-7-14(18(20,21)22)24-9-25-16)2-4-13(10)17(26)28-12-3-5-15(19)23-8-12/h2-9H,1H3. The Labute approximate surface area is 161 Å². The molecule has 0 fully saturated rings. The SMILES string of the molecule is Cc1cc(Oc2cc(C(F)(F)F)ncn2)ccc1C(=O)Oc1ccc(Cl)nc1. The fraction of sp³-hybridized carbons (Fsp3) is 0.111. The topological polar surface area (TPSA) is 74.2 Å². The average Bonchev–Trinajstić information content (AvgIpc) is 2.63. The van der Waals surface area contributed by atoms with Gasteiger partial charge in [0.25, 0.3) is 0 Å². The minimum Gasteiger partial charge on any atom is -0.439 e. The molecule has 0 aliphatic rings. The highest BCUT2D eigenvalue weighted by Crippen LogP contribution is 2.30. The Bertz CT molecular complexity index is 1010. The Morgan fingerprint density at radius 2 is 1.79 bits per heavy atom. The minimum absolute atomic E-state index is 0.203. The number of hydrogen-bond donors (Lipinski definition) is 0. The molecule has 0 bridgehead atoms. The molecular weight excluding hydrogens is 399 g/mol. The Kier molecular flexibility index (Phi) is 5.46. The molecule has 1 aromatic carbocycles. The van der Waals surface area contributed by atoms with Crippen LogP contribution in [0.2, 0.25) is 5.15 Å². The highest BCUT2D eigenvalue weighted by molar-refractivity contribution is 6.29. The monoisotopic (exact) mass is 409 g/mol. The average molecular weight is 410 g/mol. The normalized spacial score (nSPS) is 11.2. The van der Waals surface area contributed by atoms with E-state index >= 15 is 0 Å². The molecule has 6 nitrogen and oxygen atoms in total. The molecule has 0 amide bonds. The van der Waals surface area contributed by atoms with Gasteiger partial charge in [-0.25, -0.2) is 19.7 Å². The van der Waals surface area contributed by atoms with E-state index in [4.69, 9.17) is 21.1 Å². The molecular formula is C18H11ClF3N3O3. The summed E-state index contributed by atoms with van der Waals surface area (Å²) in [5.41, 5.74) is -0.374. The van der Waals surface area contributed by atoms with Gasteiger partial charge in [0.2, 0.25) is 5.88 Å². The molecule has 10 heteroatoms. The molecule has 144 valence electrons. The Morgan fingerprint density at radius 3 is 2.43 bits per heavy atom. The maximum Gasteiger partial charge on any atom is 0.433 e. The largest absolute Gasteiger partial charge is 0.439 e. The van der Waals surface area contributed by atoms with Crippen LogP contribution in [0.15, 0.2) is 48.9 Å². The van der Waals surface area contributed by atoms with Crippen molar-refractivity contribution in [2.75, 3.05) is 0 Å². The van der Waals surface area contributed by atoms with Gasteiger partial charge in [0.05, 0.1) is 11.8 Å². The first-order valence-corrected chi connectivity index (χ1v) is 8.11. The van der Waals surface area contributed by atoms with Crippen molar-refractivity contribution >= 4 is 17.6 Å². The number of alkyl halides is 3. The third-order valence-corrected chi connectivity index (χ3v) is 3.71. The smallest absolute Gasteiger partial charge is 0.433 e. The summed E-state index contributed by atoms with van der Waals surface area (Å²) in [5.74, 6) is -0.484. The van der Waals surface area contributed by atoms with Gasteiger partial charge >= 0.3 is 12.1 Å². The van der Waals surface area contributed by atoms with Gasteiger partial charge in [-0.1, -0.05) is 11.6 Å². The van der Waals surface area contributed by atoms with E-state index in [-0.39, 0.29) is 28.1 Å². The summed E-state index contributed by atoms with van der Waals surface area (Å²) in [6, 6.07) is 7.98. The van der Waals surface area contributed by atoms with Crippen LogP contribution in [0.3, 0.4) is 0 Å². The van der Waals surface area contributed by atoms with Gasteiger partial charge in [-0.05, 0) is 42.8 Å². The summed E-state index contributed by atoms with van der Waals surface area (Å²) in [7, 11) is 0.